The summed E-state index contributed by atoms with van der Waals surface area (Å²) in [4.78, 5) is 0. The summed E-state index contributed by atoms with van der Waals surface area (Å²) in [7, 11) is 0. The van der Waals surface area contributed by atoms with Gasteiger partial charge in [0, 0.05) is 0 Å². The Morgan fingerprint density at radius 3 is 2.27 bits per heavy atom. The third kappa shape index (κ3) is 3.74. The lowest BCUT2D eigenvalue weighted by Gasteiger charge is -2.61. The fraction of sp³-hybridized carbons (Fsp3) is 1.00. The number of hydrogen-bond acceptors (Lipinski definition) is 2. The first-order valence-electron chi connectivity index (χ1n) is 12.4. The van der Waals surface area contributed by atoms with E-state index >= 15 is 0 Å². The zero-order valence-corrected chi connectivity index (χ0v) is 18.9. The molecule has 4 rings (SSSR count). The van der Waals surface area contributed by atoms with Crippen molar-refractivity contribution in [3.8, 4) is 0 Å². The molecule has 10 unspecified atom stereocenters. The number of aliphatic hydroxyl groups is 2. The maximum Gasteiger partial charge on any atom is 0.414 e. The van der Waals surface area contributed by atoms with Crippen LogP contribution in [-0.2, 0) is 0 Å². The van der Waals surface area contributed by atoms with Gasteiger partial charge in [-0.3, -0.25) is 0 Å². The predicted molar refractivity (Wildman–Crippen MR) is 112 cm³/mol. The Kier molecular flexibility index (Phi) is 6.05. The van der Waals surface area contributed by atoms with Gasteiger partial charge in [-0.15, -0.1) is 0 Å². The van der Waals surface area contributed by atoms with Gasteiger partial charge >= 0.3 is 6.18 Å². The third-order valence-corrected chi connectivity index (χ3v) is 10.7. The summed E-state index contributed by atoms with van der Waals surface area (Å²) in [5.41, 5.74) is 0.602. The molecule has 0 aromatic carbocycles. The van der Waals surface area contributed by atoms with Crippen molar-refractivity contribution in [1.29, 1.82) is 0 Å². The number of hydrogen-bond donors (Lipinski definition) is 2. The highest BCUT2D eigenvalue weighted by Crippen LogP contribution is 2.68. The van der Waals surface area contributed by atoms with Crippen molar-refractivity contribution in [3.63, 3.8) is 0 Å². The molecule has 174 valence electrons. The van der Waals surface area contributed by atoms with Crippen LogP contribution in [0.15, 0.2) is 0 Å². The lowest BCUT2D eigenvalue weighted by molar-refractivity contribution is -0.206. The monoisotopic (exact) mass is 430 g/mol. The second-order valence-corrected chi connectivity index (χ2v) is 11.9. The molecule has 0 bridgehead atoms. The Bertz CT molecular complexity index is 622. The van der Waals surface area contributed by atoms with Crippen LogP contribution >= 0.6 is 0 Å². The van der Waals surface area contributed by atoms with Gasteiger partial charge in [-0.2, -0.15) is 13.2 Å². The second kappa shape index (κ2) is 7.93. The smallest absolute Gasteiger partial charge is 0.393 e. The summed E-state index contributed by atoms with van der Waals surface area (Å²) in [5.74, 6) is 3.56. The highest BCUT2D eigenvalue weighted by atomic mass is 19.4. The van der Waals surface area contributed by atoms with E-state index in [0.717, 1.165) is 37.5 Å². The summed E-state index contributed by atoms with van der Waals surface area (Å²) in [6, 6.07) is 0. The molecule has 0 aliphatic heterocycles. The molecule has 0 aromatic heterocycles. The molecular weight excluding hydrogens is 389 g/mol. The van der Waals surface area contributed by atoms with Crippen molar-refractivity contribution < 1.29 is 23.4 Å². The zero-order chi connectivity index (χ0) is 21.9. The van der Waals surface area contributed by atoms with Crippen LogP contribution in [0, 0.1) is 46.3 Å². The molecule has 0 amide bonds. The Morgan fingerprint density at radius 1 is 0.900 bits per heavy atom. The van der Waals surface area contributed by atoms with Gasteiger partial charge in [-0.25, -0.2) is 0 Å². The third-order valence-electron chi connectivity index (χ3n) is 10.7. The maximum atomic E-state index is 12.7. The Labute approximate surface area is 180 Å². The summed E-state index contributed by atoms with van der Waals surface area (Å²) >= 11 is 0. The molecule has 2 nitrogen and oxygen atoms in total. The highest BCUT2D eigenvalue weighted by molar-refractivity contribution is 5.09. The molecule has 4 fully saturated rings. The minimum absolute atomic E-state index is 0.114. The van der Waals surface area contributed by atoms with Crippen LogP contribution in [0.25, 0.3) is 0 Å². The fourth-order valence-electron chi connectivity index (χ4n) is 9.00. The van der Waals surface area contributed by atoms with Crippen LogP contribution in [0.2, 0.25) is 0 Å². The van der Waals surface area contributed by atoms with Crippen LogP contribution in [0.5, 0.6) is 0 Å². The van der Waals surface area contributed by atoms with E-state index in [0.29, 0.717) is 29.6 Å². The molecule has 10 atom stereocenters. The number of halogens is 3. The van der Waals surface area contributed by atoms with E-state index in [4.69, 9.17) is 0 Å². The van der Waals surface area contributed by atoms with E-state index < -0.39 is 12.3 Å². The van der Waals surface area contributed by atoms with Crippen LogP contribution < -0.4 is 0 Å². The lowest BCUT2D eigenvalue weighted by atomic mass is 9.44. The first kappa shape index (κ1) is 22.9. The Hall–Kier alpha value is -0.290. The molecule has 0 heterocycles. The summed E-state index contributed by atoms with van der Waals surface area (Å²) in [5, 5.41) is 19.6. The van der Waals surface area contributed by atoms with Crippen LogP contribution in [-0.4, -0.2) is 28.6 Å². The minimum atomic E-state index is -4.50. The van der Waals surface area contributed by atoms with Crippen LogP contribution in [0.4, 0.5) is 13.2 Å². The largest absolute Gasteiger partial charge is 0.414 e. The van der Waals surface area contributed by atoms with Crippen LogP contribution in [0.1, 0.15) is 91.4 Å². The van der Waals surface area contributed by atoms with Crippen molar-refractivity contribution >= 4 is 0 Å². The predicted octanol–water partition coefficient (Wildman–Crippen LogP) is 6.35. The topological polar surface area (TPSA) is 40.5 Å². The normalized spacial score (nSPS) is 48.4. The summed E-state index contributed by atoms with van der Waals surface area (Å²) in [6.07, 6.45) is 3.86. The zero-order valence-electron chi connectivity index (χ0n) is 18.9. The molecular formula is C25H41F3O2. The second-order valence-electron chi connectivity index (χ2n) is 11.9. The molecule has 0 saturated heterocycles. The highest BCUT2D eigenvalue weighted by Gasteiger charge is 2.60. The van der Waals surface area contributed by atoms with Crippen molar-refractivity contribution in [2.45, 2.75) is 110 Å². The van der Waals surface area contributed by atoms with Gasteiger partial charge in [-0.05, 0) is 117 Å². The number of rotatable bonds is 4. The van der Waals surface area contributed by atoms with Gasteiger partial charge in [0.1, 0.15) is 6.10 Å². The average molecular weight is 431 g/mol. The van der Waals surface area contributed by atoms with E-state index in [2.05, 4.69) is 20.8 Å². The summed E-state index contributed by atoms with van der Waals surface area (Å²) in [6.45, 7) is 7.05. The van der Waals surface area contributed by atoms with Gasteiger partial charge in [0.05, 0.1) is 6.10 Å². The van der Waals surface area contributed by atoms with Gasteiger partial charge < -0.3 is 10.2 Å². The first-order valence-corrected chi connectivity index (χ1v) is 12.4. The molecule has 4 aliphatic rings. The Balaban J connectivity index is 1.45. The molecule has 2 N–H and O–H groups in total. The van der Waals surface area contributed by atoms with Crippen molar-refractivity contribution in [1.82, 2.24) is 0 Å². The quantitative estimate of drug-likeness (QED) is 0.546. The maximum absolute atomic E-state index is 12.7. The van der Waals surface area contributed by atoms with E-state index in [1.807, 2.05) is 0 Å². The van der Waals surface area contributed by atoms with Crippen molar-refractivity contribution in [3.05, 3.63) is 0 Å². The van der Waals surface area contributed by atoms with Gasteiger partial charge in [0.2, 0.25) is 0 Å². The molecule has 4 saturated carbocycles. The van der Waals surface area contributed by atoms with E-state index in [9.17, 15) is 23.4 Å². The van der Waals surface area contributed by atoms with Crippen LogP contribution in [0.3, 0.4) is 0 Å². The molecule has 0 aromatic rings. The fourth-order valence-corrected chi connectivity index (χ4v) is 9.00. The van der Waals surface area contributed by atoms with Crippen molar-refractivity contribution in [2.24, 2.45) is 46.3 Å². The summed E-state index contributed by atoms with van der Waals surface area (Å²) < 4.78 is 38.2. The number of fused-ring (bicyclic) bond motifs is 5. The van der Waals surface area contributed by atoms with E-state index in [1.54, 1.807) is 0 Å². The minimum Gasteiger partial charge on any atom is -0.393 e. The molecule has 5 heteroatoms. The molecule has 0 spiro atoms. The van der Waals surface area contributed by atoms with Gasteiger partial charge in [-0.1, -0.05) is 20.8 Å². The number of alkyl halides is 3. The van der Waals surface area contributed by atoms with Gasteiger partial charge in [0.15, 0.2) is 0 Å². The number of aliphatic hydroxyl groups excluding tert-OH is 2. The standard InChI is InChI=1S/C25H41F3O2/c1-15(4-9-22(30)25(26,27)28)19-7-8-20-18-6-5-16-14-17(29)10-12-23(16,2)21(18)11-13-24(19,20)3/h15-22,29-30H,4-14H2,1-3H3. The first-order chi connectivity index (χ1) is 14.0. The van der Waals surface area contributed by atoms with Gasteiger partial charge in [0.25, 0.3) is 0 Å². The van der Waals surface area contributed by atoms with E-state index in [-0.39, 0.29) is 23.9 Å². The molecule has 4 aliphatic carbocycles. The molecule has 30 heavy (non-hydrogen) atoms. The average Bonchev–Trinajstić information content (AvgIpc) is 3.03. The van der Waals surface area contributed by atoms with E-state index in [1.165, 1.54) is 32.1 Å². The SMILES string of the molecule is CC(CCC(O)C(F)(F)F)C1CCC2C3CCC4CC(O)CCC4(C)C3CCC12C. The lowest BCUT2D eigenvalue weighted by Crippen LogP contribution is -2.54. The molecule has 0 radical (unpaired) electrons. The Morgan fingerprint density at radius 2 is 1.57 bits per heavy atom. The van der Waals surface area contributed by atoms with Crippen molar-refractivity contribution in [2.75, 3.05) is 0 Å².